The minimum Gasteiger partial charge on any atom is -0.492 e. The third kappa shape index (κ3) is 3.69. The summed E-state index contributed by atoms with van der Waals surface area (Å²) in [5.41, 5.74) is 3.42. The maximum Gasteiger partial charge on any atom is 0.231 e. The molecule has 0 spiro atoms. The fourth-order valence-electron chi connectivity index (χ4n) is 3.07. The van der Waals surface area contributed by atoms with Gasteiger partial charge in [-0.25, -0.2) is 4.98 Å². The van der Waals surface area contributed by atoms with Crippen molar-refractivity contribution in [1.82, 2.24) is 4.98 Å². The van der Waals surface area contributed by atoms with Gasteiger partial charge in [0.25, 0.3) is 0 Å². The Morgan fingerprint density at radius 2 is 1.96 bits per heavy atom. The number of rotatable bonds is 3. The number of hydrogen-bond donors (Lipinski definition) is 1. The second-order valence-corrected chi connectivity index (χ2v) is 7.13. The summed E-state index contributed by atoms with van der Waals surface area (Å²) in [6.45, 7) is 4.15. The fraction of sp³-hybridized carbons (Fsp3) is 0.238. The van der Waals surface area contributed by atoms with Gasteiger partial charge in [-0.1, -0.05) is 11.6 Å². The molecule has 1 aromatic heterocycles. The molecular weight excluding hydrogens is 364 g/mol. The van der Waals surface area contributed by atoms with Gasteiger partial charge in [0.15, 0.2) is 0 Å². The Hall–Kier alpha value is -2.79. The van der Waals surface area contributed by atoms with Crippen LogP contribution in [-0.2, 0) is 11.2 Å². The van der Waals surface area contributed by atoms with Gasteiger partial charge in [0.05, 0.1) is 11.6 Å². The van der Waals surface area contributed by atoms with Crippen molar-refractivity contribution in [1.29, 1.82) is 0 Å². The zero-order valence-corrected chi connectivity index (χ0v) is 15.8. The third-order valence-corrected chi connectivity index (χ3v) is 4.96. The first-order valence-corrected chi connectivity index (χ1v) is 9.14. The summed E-state index contributed by atoms with van der Waals surface area (Å²) >= 11 is 6.04. The lowest BCUT2D eigenvalue weighted by atomic mass is 9.96. The van der Waals surface area contributed by atoms with Gasteiger partial charge in [0.1, 0.15) is 18.1 Å². The average Bonchev–Trinajstić information content (AvgIpc) is 3.00. The third-order valence-electron chi connectivity index (χ3n) is 4.73. The average molecular weight is 383 g/mol. The molecule has 0 radical (unpaired) electrons. The standard InChI is InChI=1S/C21H19ClN2O3/c1-12-13(2)27-21(23-12)14-3-6-18(7-4-14)24-20(25)16-9-15-10-17(22)5-8-19(15)26-11-16/h3-8,10,16H,9,11H2,1-2H3,(H,24,25). The van der Waals surface area contributed by atoms with E-state index in [0.717, 1.165) is 34.0 Å². The van der Waals surface area contributed by atoms with E-state index in [1.54, 1.807) is 6.07 Å². The topological polar surface area (TPSA) is 64.4 Å². The molecule has 6 heteroatoms. The second-order valence-electron chi connectivity index (χ2n) is 6.69. The molecule has 2 aromatic carbocycles. The molecule has 0 bridgehead atoms. The number of nitrogens with zero attached hydrogens (tertiary/aromatic N) is 1. The van der Waals surface area contributed by atoms with E-state index in [4.69, 9.17) is 20.8 Å². The molecule has 5 nitrogen and oxygen atoms in total. The first-order valence-electron chi connectivity index (χ1n) is 8.76. The van der Waals surface area contributed by atoms with Crippen LogP contribution in [0.5, 0.6) is 5.75 Å². The van der Waals surface area contributed by atoms with Crippen molar-refractivity contribution in [2.24, 2.45) is 5.92 Å². The van der Waals surface area contributed by atoms with E-state index in [-0.39, 0.29) is 11.8 Å². The van der Waals surface area contributed by atoms with E-state index < -0.39 is 0 Å². The first-order chi connectivity index (χ1) is 13.0. The quantitative estimate of drug-likeness (QED) is 0.706. The number of hydrogen-bond acceptors (Lipinski definition) is 4. The molecule has 1 unspecified atom stereocenters. The number of fused-ring (bicyclic) bond motifs is 1. The number of benzene rings is 2. The number of aromatic nitrogens is 1. The number of aryl methyl sites for hydroxylation is 2. The maximum atomic E-state index is 12.6. The summed E-state index contributed by atoms with van der Waals surface area (Å²) < 4.78 is 11.3. The molecule has 1 atom stereocenters. The Bertz CT molecular complexity index is 976. The van der Waals surface area contributed by atoms with Gasteiger partial charge >= 0.3 is 0 Å². The smallest absolute Gasteiger partial charge is 0.231 e. The Morgan fingerprint density at radius 1 is 1.19 bits per heavy atom. The van der Waals surface area contributed by atoms with E-state index in [2.05, 4.69) is 10.3 Å². The summed E-state index contributed by atoms with van der Waals surface area (Å²) in [6.07, 6.45) is 0.606. The van der Waals surface area contributed by atoms with Crippen LogP contribution in [0, 0.1) is 19.8 Å². The number of carbonyl (C=O) groups is 1. The molecule has 1 N–H and O–H groups in total. The summed E-state index contributed by atoms with van der Waals surface area (Å²) in [6, 6.07) is 12.9. The number of ether oxygens (including phenoxy) is 1. The van der Waals surface area contributed by atoms with Crippen LogP contribution in [0.25, 0.3) is 11.5 Å². The minimum absolute atomic E-state index is 0.0730. The molecule has 0 aliphatic carbocycles. The van der Waals surface area contributed by atoms with Gasteiger partial charge in [0, 0.05) is 16.3 Å². The lowest BCUT2D eigenvalue weighted by molar-refractivity contribution is -0.121. The van der Waals surface area contributed by atoms with Gasteiger partial charge in [0.2, 0.25) is 11.8 Å². The first kappa shape index (κ1) is 17.6. The second kappa shape index (κ2) is 7.08. The summed E-state index contributed by atoms with van der Waals surface area (Å²) in [5.74, 6) is 1.85. The normalized spacial score (nSPS) is 15.7. The van der Waals surface area contributed by atoms with Crippen molar-refractivity contribution in [2.75, 3.05) is 11.9 Å². The van der Waals surface area contributed by atoms with Crippen molar-refractivity contribution >= 4 is 23.2 Å². The molecule has 138 valence electrons. The van der Waals surface area contributed by atoms with Crippen LogP contribution in [-0.4, -0.2) is 17.5 Å². The van der Waals surface area contributed by atoms with Crippen molar-refractivity contribution in [2.45, 2.75) is 20.3 Å². The zero-order chi connectivity index (χ0) is 19.0. The molecule has 1 aliphatic heterocycles. The maximum absolute atomic E-state index is 12.6. The summed E-state index contributed by atoms with van der Waals surface area (Å²) in [5, 5.41) is 3.59. The molecule has 3 aromatic rings. The summed E-state index contributed by atoms with van der Waals surface area (Å²) in [7, 11) is 0. The van der Waals surface area contributed by atoms with Gasteiger partial charge < -0.3 is 14.5 Å². The lowest BCUT2D eigenvalue weighted by Gasteiger charge is -2.24. The molecule has 0 fully saturated rings. The van der Waals surface area contributed by atoms with E-state index in [1.807, 2.05) is 50.2 Å². The SMILES string of the molecule is Cc1nc(-c2ccc(NC(=O)C3COc4ccc(Cl)cc4C3)cc2)oc1C. The highest BCUT2D eigenvalue weighted by Gasteiger charge is 2.26. The Kier molecular flexibility index (Phi) is 4.62. The van der Waals surface area contributed by atoms with Gasteiger partial charge in [-0.2, -0.15) is 0 Å². The van der Waals surface area contributed by atoms with E-state index in [1.165, 1.54) is 0 Å². The molecule has 27 heavy (non-hydrogen) atoms. The number of halogens is 1. The Balaban J connectivity index is 1.44. The number of nitrogens with one attached hydrogen (secondary N) is 1. The molecule has 4 rings (SSSR count). The van der Waals surface area contributed by atoms with E-state index in [9.17, 15) is 4.79 Å². The Labute approximate surface area is 162 Å². The van der Waals surface area contributed by atoms with Crippen molar-refractivity contribution < 1.29 is 13.9 Å². The molecule has 0 saturated heterocycles. The molecule has 1 aliphatic rings. The highest BCUT2D eigenvalue weighted by Crippen LogP contribution is 2.30. The summed E-state index contributed by atoms with van der Waals surface area (Å²) in [4.78, 5) is 17.0. The molecule has 0 saturated carbocycles. The van der Waals surface area contributed by atoms with Crippen molar-refractivity contribution in [3.63, 3.8) is 0 Å². The molecule has 2 heterocycles. The lowest BCUT2D eigenvalue weighted by Crippen LogP contribution is -2.32. The van der Waals surface area contributed by atoms with Crippen LogP contribution in [0.3, 0.4) is 0 Å². The monoisotopic (exact) mass is 382 g/mol. The van der Waals surface area contributed by atoms with Crippen LogP contribution in [0.4, 0.5) is 5.69 Å². The van der Waals surface area contributed by atoms with Crippen LogP contribution in [0.2, 0.25) is 5.02 Å². The largest absolute Gasteiger partial charge is 0.492 e. The number of carbonyl (C=O) groups excluding carboxylic acids is 1. The van der Waals surface area contributed by atoms with Crippen LogP contribution >= 0.6 is 11.6 Å². The highest BCUT2D eigenvalue weighted by molar-refractivity contribution is 6.30. The number of oxazole rings is 1. The predicted octanol–water partition coefficient (Wildman–Crippen LogP) is 4.80. The van der Waals surface area contributed by atoms with E-state index >= 15 is 0 Å². The molecular formula is C21H19ClN2O3. The van der Waals surface area contributed by atoms with Crippen LogP contribution in [0.15, 0.2) is 46.9 Å². The van der Waals surface area contributed by atoms with Crippen LogP contribution < -0.4 is 10.1 Å². The van der Waals surface area contributed by atoms with Gasteiger partial charge in [-0.05, 0) is 68.3 Å². The predicted molar refractivity (Wildman–Crippen MR) is 104 cm³/mol. The highest BCUT2D eigenvalue weighted by atomic mass is 35.5. The van der Waals surface area contributed by atoms with E-state index in [0.29, 0.717) is 23.9 Å². The van der Waals surface area contributed by atoms with Crippen molar-refractivity contribution in [3.8, 4) is 17.2 Å². The zero-order valence-electron chi connectivity index (χ0n) is 15.1. The number of amides is 1. The Morgan fingerprint density at radius 3 is 2.67 bits per heavy atom. The number of anilines is 1. The minimum atomic E-state index is -0.257. The van der Waals surface area contributed by atoms with Gasteiger partial charge in [-0.3, -0.25) is 4.79 Å². The van der Waals surface area contributed by atoms with Crippen LogP contribution in [0.1, 0.15) is 17.0 Å². The molecule has 1 amide bonds. The van der Waals surface area contributed by atoms with Gasteiger partial charge in [-0.15, -0.1) is 0 Å². The fourth-order valence-corrected chi connectivity index (χ4v) is 3.26. The van der Waals surface area contributed by atoms with Crippen molar-refractivity contribution in [3.05, 3.63) is 64.5 Å².